The molecule has 0 saturated heterocycles. The molecule has 2 amide bonds. The van der Waals surface area contributed by atoms with Crippen LogP contribution in [0.15, 0.2) is 66.7 Å². The highest BCUT2D eigenvalue weighted by Gasteiger charge is 2.28. The number of anilines is 1. The number of benzene rings is 3. The Balaban J connectivity index is 1.18. The minimum Gasteiger partial charge on any atom is -0.478 e. The molecule has 0 aliphatic heterocycles. The van der Waals surface area contributed by atoms with Gasteiger partial charge in [-0.05, 0) is 40.5 Å². The van der Waals surface area contributed by atoms with Gasteiger partial charge in [0.1, 0.15) is 13.2 Å². The number of carbonyl (C=O) groups is 3. The monoisotopic (exact) mass is 494 g/mol. The van der Waals surface area contributed by atoms with Crippen molar-refractivity contribution in [1.29, 1.82) is 0 Å². The van der Waals surface area contributed by atoms with Gasteiger partial charge < -0.3 is 25.2 Å². The first-order valence-corrected chi connectivity index (χ1v) is 11.3. The Morgan fingerprint density at radius 2 is 1.60 bits per heavy atom. The summed E-state index contributed by atoms with van der Waals surface area (Å²) >= 11 is 5.99. The van der Waals surface area contributed by atoms with Crippen LogP contribution in [0.25, 0.3) is 11.1 Å². The number of rotatable bonds is 9. The SMILES string of the molecule is O=C(COCCNC(=O)OCC1c2ccccc2-c2ccccc21)Nc1cc(C(=O)O)ccc1Cl. The van der Waals surface area contributed by atoms with Crippen molar-refractivity contribution in [2.24, 2.45) is 0 Å². The van der Waals surface area contributed by atoms with Gasteiger partial charge in [-0.15, -0.1) is 0 Å². The lowest BCUT2D eigenvalue weighted by Gasteiger charge is -2.14. The van der Waals surface area contributed by atoms with Crippen molar-refractivity contribution in [3.8, 4) is 11.1 Å². The van der Waals surface area contributed by atoms with Crippen LogP contribution in [0, 0.1) is 0 Å². The van der Waals surface area contributed by atoms with Gasteiger partial charge in [0.15, 0.2) is 0 Å². The van der Waals surface area contributed by atoms with Crippen molar-refractivity contribution in [2.45, 2.75) is 5.92 Å². The standard InChI is InChI=1S/C26H23ClN2O6/c27-22-10-9-16(25(31)32)13-23(22)29-24(30)15-34-12-11-28-26(33)35-14-21-19-7-3-1-5-17(19)18-6-2-4-8-20(18)21/h1-10,13,21H,11-12,14-15H2,(H,28,33)(H,29,30)(H,31,32). The van der Waals surface area contributed by atoms with Crippen molar-refractivity contribution in [3.63, 3.8) is 0 Å². The van der Waals surface area contributed by atoms with E-state index in [0.717, 1.165) is 22.3 Å². The summed E-state index contributed by atoms with van der Waals surface area (Å²) in [4.78, 5) is 35.2. The number of hydrogen-bond donors (Lipinski definition) is 3. The predicted molar refractivity (Wildman–Crippen MR) is 131 cm³/mol. The first-order valence-electron chi connectivity index (χ1n) is 10.9. The van der Waals surface area contributed by atoms with Crippen molar-refractivity contribution in [2.75, 3.05) is 31.7 Å². The smallest absolute Gasteiger partial charge is 0.407 e. The number of ether oxygens (including phenoxy) is 2. The zero-order valence-electron chi connectivity index (χ0n) is 18.6. The molecule has 0 fully saturated rings. The normalized spacial score (nSPS) is 11.9. The molecule has 3 aromatic rings. The first kappa shape index (κ1) is 24.3. The molecule has 4 rings (SSSR count). The van der Waals surface area contributed by atoms with Gasteiger partial charge in [0.25, 0.3) is 0 Å². The summed E-state index contributed by atoms with van der Waals surface area (Å²) in [5.41, 5.74) is 4.74. The van der Waals surface area contributed by atoms with Crippen LogP contribution in [0.1, 0.15) is 27.4 Å². The summed E-state index contributed by atoms with van der Waals surface area (Å²) in [6, 6.07) is 20.2. The van der Waals surface area contributed by atoms with Crippen LogP contribution in [0.3, 0.4) is 0 Å². The van der Waals surface area contributed by atoms with Crippen molar-refractivity contribution >= 4 is 35.3 Å². The molecule has 9 heteroatoms. The minimum atomic E-state index is -1.13. The Morgan fingerprint density at radius 3 is 2.26 bits per heavy atom. The number of halogens is 1. The average molecular weight is 495 g/mol. The molecule has 3 N–H and O–H groups in total. The molecular weight excluding hydrogens is 472 g/mol. The molecule has 0 atom stereocenters. The summed E-state index contributed by atoms with van der Waals surface area (Å²) in [6.07, 6.45) is -0.572. The summed E-state index contributed by atoms with van der Waals surface area (Å²) in [5, 5.41) is 14.4. The number of aromatic carboxylic acids is 1. The predicted octanol–water partition coefficient (Wildman–Crippen LogP) is 4.53. The van der Waals surface area contributed by atoms with E-state index < -0.39 is 18.0 Å². The van der Waals surface area contributed by atoms with E-state index in [1.807, 2.05) is 36.4 Å². The lowest BCUT2D eigenvalue weighted by molar-refractivity contribution is -0.120. The van der Waals surface area contributed by atoms with E-state index in [9.17, 15) is 14.4 Å². The maximum absolute atomic E-state index is 12.2. The Labute approximate surface area is 206 Å². The highest BCUT2D eigenvalue weighted by atomic mass is 35.5. The van der Waals surface area contributed by atoms with Crippen molar-refractivity contribution in [3.05, 3.63) is 88.4 Å². The molecular formula is C26H23ClN2O6. The van der Waals surface area contributed by atoms with Gasteiger partial charge in [-0.1, -0.05) is 60.1 Å². The molecule has 0 heterocycles. The van der Waals surface area contributed by atoms with Crippen molar-refractivity contribution in [1.82, 2.24) is 5.32 Å². The van der Waals surface area contributed by atoms with Gasteiger partial charge in [0.2, 0.25) is 5.91 Å². The zero-order chi connectivity index (χ0) is 24.8. The van der Waals surface area contributed by atoms with E-state index in [0.29, 0.717) is 0 Å². The fraction of sp³-hybridized carbons (Fsp3) is 0.192. The zero-order valence-corrected chi connectivity index (χ0v) is 19.4. The number of carboxylic acid groups (broad SMARTS) is 1. The quantitative estimate of drug-likeness (QED) is 0.376. The molecule has 1 aliphatic rings. The molecule has 180 valence electrons. The topological polar surface area (TPSA) is 114 Å². The number of fused-ring (bicyclic) bond motifs is 3. The lowest BCUT2D eigenvalue weighted by atomic mass is 9.98. The third-order valence-electron chi connectivity index (χ3n) is 5.58. The number of alkyl carbamates (subject to hydrolysis) is 1. The van der Waals surface area contributed by atoms with Gasteiger partial charge in [0, 0.05) is 12.5 Å². The Kier molecular flexibility index (Phi) is 7.64. The maximum Gasteiger partial charge on any atom is 0.407 e. The second-order valence-electron chi connectivity index (χ2n) is 7.85. The number of carbonyl (C=O) groups excluding carboxylic acids is 2. The van der Waals surface area contributed by atoms with E-state index >= 15 is 0 Å². The second kappa shape index (κ2) is 11.0. The largest absolute Gasteiger partial charge is 0.478 e. The molecule has 35 heavy (non-hydrogen) atoms. The highest BCUT2D eigenvalue weighted by Crippen LogP contribution is 2.44. The Morgan fingerprint density at radius 1 is 0.943 bits per heavy atom. The van der Waals surface area contributed by atoms with Crippen LogP contribution in [0.2, 0.25) is 5.02 Å². The minimum absolute atomic E-state index is 0.00193. The van der Waals surface area contributed by atoms with E-state index in [2.05, 4.69) is 22.8 Å². The van der Waals surface area contributed by atoms with E-state index in [1.165, 1.54) is 18.2 Å². The van der Waals surface area contributed by atoms with Crippen LogP contribution < -0.4 is 10.6 Å². The third-order valence-corrected chi connectivity index (χ3v) is 5.91. The number of nitrogens with one attached hydrogen (secondary N) is 2. The fourth-order valence-electron chi connectivity index (χ4n) is 3.98. The summed E-state index contributed by atoms with van der Waals surface area (Å²) in [7, 11) is 0. The molecule has 0 aromatic heterocycles. The lowest BCUT2D eigenvalue weighted by Crippen LogP contribution is -2.30. The maximum atomic E-state index is 12.2. The van der Waals surface area contributed by atoms with Gasteiger partial charge in [-0.25, -0.2) is 9.59 Å². The van der Waals surface area contributed by atoms with Crippen LogP contribution in [-0.4, -0.2) is 49.4 Å². The first-order chi connectivity index (χ1) is 16.9. The summed E-state index contributed by atoms with van der Waals surface area (Å²) < 4.78 is 10.7. The molecule has 0 radical (unpaired) electrons. The molecule has 8 nitrogen and oxygen atoms in total. The molecule has 3 aromatic carbocycles. The summed E-state index contributed by atoms with van der Waals surface area (Å²) in [5.74, 6) is -1.66. The van der Waals surface area contributed by atoms with Gasteiger partial charge in [-0.2, -0.15) is 0 Å². The van der Waals surface area contributed by atoms with Crippen LogP contribution in [0.4, 0.5) is 10.5 Å². The van der Waals surface area contributed by atoms with E-state index in [1.54, 1.807) is 0 Å². The Hall–Kier alpha value is -3.88. The fourth-order valence-corrected chi connectivity index (χ4v) is 4.14. The van der Waals surface area contributed by atoms with Crippen molar-refractivity contribution < 1.29 is 29.0 Å². The highest BCUT2D eigenvalue weighted by molar-refractivity contribution is 6.33. The Bertz CT molecular complexity index is 1220. The van der Waals surface area contributed by atoms with Gasteiger partial charge >= 0.3 is 12.1 Å². The third kappa shape index (κ3) is 5.79. The molecule has 0 unspecified atom stereocenters. The second-order valence-corrected chi connectivity index (χ2v) is 8.26. The van der Waals surface area contributed by atoms with E-state index in [4.69, 9.17) is 26.2 Å². The molecule has 0 saturated carbocycles. The molecule has 0 bridgehead atoms. The number of carboxylic acids is 1. The van der Waals surface area contributed by atoms with Gasteiger partial charge in [-0.3, -0.25) is 4.79 Å². The average Bonchev–Trinajstić information content (AvgIpc) is 3.17. The van der Waals surface area contributed by atoms with Gasteiger partial charge in [0.05, 0.1) is 22.9 Å². The number of amides is 2. The van der Waals surface area contributed by atoms with Crippen LogP contribution >= 0.6 is 11.6 Å². The van der Waals surface area contributed by atoms with Crippen LogP contribution in [0.5, 0.6) is 0 Å². The van der Waals surface area contributed by atoms with E-state index in [-0.39, 0.29) is 48.6 Å². The molecule has 0 spiro atoms. The number of hydrogen-bond acceptors (Lipinski definition) is 5. The van der Waals surface area contributed by atoms with Crippen LogP contribution in [-0.2, 0) is 14.3 Å². The molecule has 1 aliphatic carbocycles. The summed E-state index contributed by atoms with van der Waals surface area (Å²) in [6.45, 7) is 0.152.